The molecule has 17 heavy (non-hydrogen) atoms. The summed E-state index contributed by atoms with van der Waals surface area (Å²) in [6.07, 6.45) is 1.17. The Bertz CT molecular complexity index is 487. The highest BCUT2D eigenvalue weighted by molar-refractivity contribution is 7.90. The van der Waals surface area contributed by atoms with Crippen LogP contribution in [0.5, 0.6) is 0 Å². The van der Waals surface area contributed by atoms with Crippen LogP contribution in [0.4, 0.5) is 5.69 Å². The fourth-order valence-electron chi connectivity index (χ4n) is 1.40. The van der Waals surface area contributed by atoms with Crippen molar-refractivity contribution < 1.29 is 13.2 Å². The Balaban J connectivity index is 2.99. The fourth-order valence-corrected chi connectivity index (χ4v) is 2.22. The van der Waals surface area contributed by atoms with Crippen LogP contribution in [0.3, 0.4) is 0 Å². The SMILES string of the molecule is COCC(C)Nc1cc(S(C)(=O)=O)ccc1Cl. The van der Waals surface area contributed by atoms with E-state index < -0.39 is 9.84 Å². The summed E-state index contributed by atoms with van der Waals surface area (Å²) in [7, 11) is -1.62. The molecule has 1 unspecified atom stereocenters. The largest absolute Gasteiger partial charge is 0.383 e. The molecule has 0 aliphatic heterocycles. The van der Waals surface area contributed by atoms with E-state index in [1.165, 1.54) is 18.4 Å². The Hall–Kier alpha value is -0.780. The van der Waals surface area contributed by atoms with Crippen LogP contribution in [0.15, 0.2) is 23.1 Å². The maximum absolute atomic E-state index is 11.4. The Morgan fingerprint density at radius 2 is 2.12 bits per heavy atom. The highest BCUT2D eigenvalue weighted by Gasteiger charge is 2.11. The van der Waals surface area contributed by atoms with Crippen LogP contribution in [-0.2, 0) is 14.6 Å². The van der Waals surface area contributed by atoms with Crippen LogP contribution in [0.2, 0.25) is 5.02 Å². The molecule has 4 nitrogen and oxygen atoms in total. The molecular formula is C11H16ClNO3S. The van der Waals surface area contributed by atoms with Crippen LogP contribution in [-0.4, -0.2) is 34.4 Å². The molecule has 0 saturated heterocycles. The molecule has 0 amide bonds. The molecule has 0 fully saturated rings. The normalized spacial score (nSPS) is 13.4. The molecule has 1 N–H and O–H groups in total. The van der Waals surface area contributed by atoms with Crippen molar-refractivity contribution >= 4 is 27.1 Å². The topological polar surface area (TPSA) is 55.4 Å². The molecule has 0 radical (unpaired) electrons. The smallest absolute Gasteiger partial charge is 0.175 e. The standard InChI is InChI=1S/C11H16ClNO3S/c1-8(7-16-2)13-11-6-9(17(3,14)15)4-5-10(11)12/h4-6,8,13H,7H2,1-3H3. The van der Waals surface area contributed by atoms with Crippen molar-refractivity contribution in [2.75, 3.05) is 25.3 Å². The molecule has 0 aliphatic rings. The second kappa shape index (κ2) is 5.71. The van der Waals surface area contributed by atoms with Crippen LogP contribution >= 0.6 is 11.6 Å². The van der Waals surface area contributed by atoms with Crippen LogP contribution in [0.1, 0.15) is 6.92 Å². The molecule has 0 bridgehead atoms. The number of halogens is 1. The lowest BCUT2D eigenvalue weighted by Crippen LogP contribution is -2.21. The highest BCUT2D eigenvalue weighted by atomic mass is 35.5. The van der Waals surface area contributed by atoms with E-state index in [0.29, 0.717) is 17.3 Å². The summed E-state index contributed by atoms with van der Waals surface area (Å²) >= 11 is 5.99. The van der Waals surface area contributed by atoms with Gasteiger partial charge in [0.15, 0.2) is 9.84 Å². The second-order valence-corrected chi connectivity index (χ2v) is 6.34. The van der Waals surface area contributed by atoms with Gasteiger partial charge in [-0.15, -0.1) is 0 Å². The van der Waals surface area contributed by atoms with Crippen molar-refractivity contribution in [2.24, 2.45) is 0 Å². The summed E-state index contributed by atoms with van der Waals surface area (Å²) in [6, 6.07) is 4.64. The second-order valence-electron chi connectivity index (χ2n) is 3.91. The fraction of sp³-hybridized carbons (Fsp3) is 0.455. The van der Waals surface area contributed by atoms with Gasteiger partial charge in [-0.1, -0.05) is 11.6 Å². The summed E-state index contributed by atoms with van der Waals surface area (Å²) in [6.45, 7) is 2.44. The van der Waals surface area contributed by atoms with Crippen LogP contribution < -0.4 is 5.32 Å². The number of benzene rings is 1. The Kier molecular flexibility index (Phi) is 4.80. The zero-order valence-corrected chi connectivity index (χ0v) is 11.6. The lowest BCUT2D eigenvalue weighted by atomic mass is 10.2. The van der Waals surface area contributed by atoms with Crippen molar-refractivity contribution in [1.82, 2.24) is 0 Å². The lowest BCUT2D eigenvalue weighted by molar-refractivity contribution is 0.190. The molecule has 0 aliphatic carbocycles. The van der Waals surface area contributed by atoms with Gasteiger partial charge in [0.2, 0.25) is 0 Å². The molecule has 0 aromatic heterocycles. The molecule has 96 valence electrons. The summed E-state index contributed by atoms with van der Waals surface area (Å²) in [5, 5.41) is 3.59. The molecule has 0 saturated carbocycles. The van der Waals surface area contributed by atoms with Gasteiger partial charge in [0.25, 0.3) is 0 Å². The predicted molar refractivity (Wildman–Crippen MR) is 69.5 cm³/mol. The summed E-state index contributed by atoms with van der Waals surface area (Å²) in [5.74, 6) is 0. The molecule has 1 aromatic carbocycles. The van der Waals surface area contributed by atoms with Crippen molar-refractivity contribution in [2.45, 2.75) is 17.9 Å². The first-order valence-corrected chi connectivity index (χ1v) is 7.36. The Labute approximate surface area is 107 Å². The zero-order valence-electron chi connectivity index (χ0n) is 10.0. The van der Waals surface area contributed by atoms with Crippen molar-refractivity contribution in [1.29, 1.82) is 0 Å². The third-order valence-corrected chi connectivity index (χ3v) is 3.62. The molecule has 6 heteroatoms. The van der Waals surface area contributed by atoms with Gasteiger partial charge in [-0.25, -0.2) is 8.42 Å². The van der Waals surface area contributed by atoms with Gasteiger partial charge >= 0.3 is 0 Å². The minimum Gasteiger partial charge on any atom is -0.383 e. The van der Waals surface area contributed by atoms with Gasteiger partial charge in [-0.2, -0.15) is 0 Å². The molecular weight excluding hydrogens is 262 g/mol. The first-order valence-electron chi connectivity index (χ1n) is 5.09. The Morgan fingerprint density at radius 3 is 2.65 bits per heavy atom. The quantitative estimate of drug-likeness (QED) is 0.896. The summed E-state index contributed by atoms with van der Waals surface area (Å²) in [4.78, 5) is 0.244. The van der Waals surface area contributed by atoms with Crippen LogP contribution in [0.25, 0.3) is 0 Å². The molecule has 0 heterocycles. The third kappa shape index (κ3) is 4.18. The van der Waals surface area contributed by atoms with E-state index >= 15 is 0 Å². The maximum Gasteiger partial charge on any atom is 0.175 e. The van der Waals surface area contributed by atoms with E-state index in [2.05, 4.69) is 5.32 Å². The number of rotatable bonds is 5. The van der Waals surface area contributed by atoms with Gasteiger partial charge in [0, 0.05) is 19.4 Å². The van der Waals surface area contributed by atoms with Gasteiger partial charge in [-0.05, 0) is 25.1 Å². The molecule has 1 rings (SSSR count). The third-order valence-electron chi connectivity index (χ3n) is 2.18. The minimum absolute atomic E-state index is 0.0484. The number of anilines is 1. The number of nitrogens with one attached hydrogen (secondary N) is 1. The number of hydrogen-bond acceptors (Lipinski definition) is 4. The minimum atomic E-state index is -3.22. The van der Waals surface area contributed by atoms with Gasteiger partial charge in [0.05, 0.1) is 22.2 Å². The average Bonchev–Trinajstić information content (AvgIpc) is 2.20. The van der Waals surface area contributed by atoms with E-state index in [9.17, 15) is 8.42 Å². The molecule has 0 spiro atoms. The molecule has 1 atom stereocenters. The van der Waals surface area contributed by atoms with Gasteiger partial charge < -0.3 is 10.1 Å². The van der Waals surface area contributed by atoms with Crippen molar-refractivity contribution in [3.05, 3.63) is 23.2 Å². The lowest BCUT2D eigenvalue weighted by Gasteiger charge is -2.16. The number of sulfone groups is 1. The van der Waals surface area contributed by atoms with Crippen molar-refractivity contribution in [3.8, 4) is 0 Å². The van der Waals surface area contributed by atoms with Gasteiger partial charge in [0.1, 0.15) is 0 Å². The Morgan fingerprint density at radius 1 is 1.47 bits per heavy atom. The van der Waals surface area contributed by atoms with E-state index in [0.717, 1.165) is 0 Å². The first-order chi connectivity index (χ1) is 7.84. The van der Waals surface area contributed by atoms with Crippen LogP contribution in [0, 0.1) is 0 Å². The van der Waals surface area contributed by atoms with Crippen molar-refractivity contribution in [3.63, 3.8) is 0 Å². The summed E-state index contributed by atoms with van der Waals surface area (Å²) < 4.78 is 27.8. The van der Waals surface area contributed by atoms with Gasteiger partial charge in [-0.3, -0.25) is 0 Å². The first kappa shape index (κ1) is 14.3. The number of hydrogen-bond donors (Lipinski definition) is 1. The van der Waals surface area contributed by atoms with E-state index in [1.54, 1.807) is 13.2 Å². The highest BCUT2D eigenvalue weighted by Crippen LogP contribution is 2.25. The average molecular weight is 278 g/mol. The number of ether oxygens (including phenoxy) is 1. The van der Waals surface area contributed by atoms with E-state index in [1.807, 2.05) is 6.92 Å². The van der Waals surface area contributed by atoms with E-state index in [4.69, 9.17) is 16.3 Å². The monoisotopic (exact) mass is 277 g/mol. The zero-order chi connectivity index (χ0) is 13.1. The molecule has 1 aromatic rings. The predicted octanol–water partition coefficient (Wildman–Crippen LogP) is 2.19. The van der Waals surface area contributed by atoms with E-state index in [-0.39, 0.29) is 10.9 Å². The maximum atomic E-state index is 11.4. The summed E-state index contributed by atoms with van der Waals surface area (Å²) in [5.41, 5.74) is 0.596. The number of methoxy groups -OCH3 is 1.